The van der Waals surface area contributed by atoms with Gasteiger partial charge < -0.3 is 0 Å². The van der Waals surface area contributed by atoms with Crippen molar-refractivity contribution in [2.45, 2.75) is 0 Å². The Morgan fingerprint density at radius 3 is 1.82 bits per heavy atom. The standard InChI is InChI=1S/C46H29N3/c1-2-11-30(12-3-1)32-21-24-33(25-22-32)45-39-17-8-9-19-41(39)47-46(48-45)49-42-20-10-18-38(37-26-23-31-13-4-5-14-34(31)27-37)44(42)40-28-35-15-6-7-16-36(35)29-43(40)49/h1-29H. The molecule has 3 nitrogen and oxygen atoms in total. The summed E-state index contributed by atoms with van der Waals surface area (Å²) in [6.07, 6.45) is 0. The Bertz CT molecular complexity index is 2870. The normalized spacial score (nSPS) is 11.7. The van der Waals surface area contributed by atoms with E-state index in [9.17, 15) is 0 Å². The first kappa shape index (κ1) is 27.5. The van der Waals surface area contributed by atoms with E-state index in [-0.39, 0.29) is 0 Å². The van der Waals surface area contributed by atoms with E-state index in [2.05, 4.69) is 180 Å². The lowest BCUT2D eigenvalue weighted by molar-refractivity contribution is 1.01. The number of nitrogens with zero attached hydrogens (tertiary/aromatic N) is 3. The molecular formula is C46H29N3. The van der Waals surface area contributed by atoms with Gasteiger partial charge in [0.2, 0.25) is 5.95 Å². The highest BCUT2D eigenvalue weighted by atomic mass is 15.2. The number of benzene rings is 8. The summed E-state index contributed by atoms with van der Waals surface area (Å²) in [6.45, 7) is 0. The van der Waals surface area contributed by atoms with Gasteiger partial charge in [0.1, 0.15) is 0 Å². The van der Waals surface area contributed by atoms with Crippen LogP contribution in [0.4, 0.5) is 0 Å². The van der Waals surface area contributed by atoms with Crippen LogP contribution in [0.25, 0.3) is 93.7 Å². The zero-order chi connectivity index (χ0) is 32.3. The van der Waals surface area contributed by atoms with Crippen LogP contribution in [0.15, 0.2) is 176 Å². The Kier molecular flexibility index (Phi) is 6.18. The van der Waals surface area contributed by atoms with Gasteiger partial charge in [-0.15, -0.1) is 0 Å². The largest absolute Gasteiger partial charge is 0.278 e. The Morgan fingerprint density at radius 2 is 1.00 bits per heavy atom. The van der Waals surface area contributed by atoms with Gasteiger partial charge in [-0.05, 0) is 74.1 Å². The number of para-hydroxylation sites is 1. The molecule has 3 heteroatoms. The molecule has 0 radical (unpaired) electrons. The number of fused-ring (bicyclic) bond motifs is 6. The first-order valence-electron chi connectivity index (χ1n) is 16.7. The van der Waals surface area contributed by atoms with Crippen LogP contribution in [0.5, 0.6) is 0 Å². The molecule has 0 aliphatic carbocycles. The maximum Gasteiger partial charge on any atom is 0.235 e. The fourth-order valence-corrected chi connectivity index (χ4v) is 7.40. The van der Waals surface area contributed by atoms with Crippen molar-refractivity contribution in [1.82, 2.24) is 14.5 Å². The smallest absolute Gasteiger partial charge is 0.235 e. The average molecular weight is 624 g/mol. The third-order valence-corrected chi connectivity index (χ3v) is 9.77. The van der Waals surface area contributed by atoms with Gasteiger partial charge in [0, 0.05) is 21.7 Å². The number of rotatable bonds is 4. The van der Waals surface area contributed by atoms with Gasteiger partial charge in [0.15, 0.2) is 0 Å². The SMILES string of the molecule is c1ccc(-c2ccc(-c3nc(-n4c5cc6ccccc6cc5c5c(-c6ccc7ccccc7c6)cccc54)nc4ccccc34)cc2)cc1. The van der Waals surface area contributed by atoms with E-state index in [1.165, 1.54) is 54.6 Å². The minimum atomic E-state index is 0.659. The lowest BCUT2D eigenvalue weighted by Crippen LogP contribution is -2.03. The molecule has 2 heterocycles. The predicted molar refractivity (Wildman–Crippen MR) is 205 cm³/mol. The lowest BCUT2D eigenvalue weighted by Gasteiger charge is -2.12. The summed E-state index contributed by atoms with van der Waals surface area (Å²) in [7, 11) is 0. The fraction of sp³-hybridized carbons (Fsp3) is 0. The summed E-state index contributed by atoms with van der Waals surface area (Å²) >= 11 is 0. The summed E-state index contributed by atoms with van der Waals surface area (Å²) in [5.74, 6) is 0.659. The van der Waals surface area contributed by atoms with Crippen molar-refractivity contribution in [2.24, 2.45) is 0 Å². The molecule has 8 aromatic carbocycles. The molecule has 0 saturated heterocycles. The van der Waals surface area contributed by atoms with Gasteiger partial charge in [0.25, 0.3) is 0 Å². The quantitative estimate of drug-likeness (QED) is 0.195. The highest BCUT2D eigenvalue weighted by molar-refractivity contribution is 6.19. The van der Waals surface area contributed by atoms with Gasteiger partial charge in [-0.2, -0.15) is 0 Å². The van der Waals surface area contributed by atoms with Gasteiger partial charge in [-0.1, -0.05) is 146 Å². The molecule has 0 atom stereocenters. The van der Waals surface area contributed by atoms with E-state index in [0.717, 1.165) is 33.2 Å². The van der Waals surface area contributed by atoms with Gasteiger partial charge in [-0.3, -0.25) is 4.57 Å². The van der Waals surface area contributed by atoms with Crippen LogP contribution in [0, 0.1) is 0 Å². The van der Waals surface area contributed by atoms with E-state index < -0.39 is 0 Å². The molecule has 0 unspecified atom stereocenters. The van der Waals surface area contributed by atoms with Crippen molar-refractivity contribution in [3.05, 3.63) is 176 Å². The molecule has 0 saturated carbocycles. The molecule has 0 fully saturated rings. The Labute approximate surface area is 283 Å². The van der Waals surface area contributed by atoms with Crippen molar-refractivity contribution >= 4 is 54.3 Å². The second kappa shape index (κ2) is 11.0. The van der Waals surface area contributed by atoms with Crippen molar-refractivity contribution in [3.8, 4) is 39.5 Å². The summed E-state index contributed by atoms with van der Waals surface area (Å²) < 4.78 is 2.26. The summed E-state index contributed by atoms with van der Waals surface area (Å²) in [4.78, 5) is 10.6. The Hall–Kier alpha value is -6.58. The minimum absolute atomic E-state index is 0.659. The molecular weight excluding hydrogens is 595 g/mol. The molecule has 49 heavy (non-hydrogen) atoms. The molecule has 0 spiro atoms. The van der Waals surface area contributed by atoms with Crippen molar-refractivity contribution in [3.63, 3.8) is 0 Å². The second-order valence-electron chi connectivity index (χ2n) is 12.6. The van der Waals surface area contributed by atoms with E-state index in [1.54, 1.807) is 0 Å². The average Bonchev–Trinajstić information content (AvgIpc) is 3.50. The van der Waals surface area contributed by atoms with Crippen LogP contribution in [-0.2, 0) is 0 Å². The van der Waals surface area contributed by atoms with Crippen LogP contribution in [0.1, 0.15) is 0 Å². The highest BCUT2D eigenvalue weighted by Crippen LogP contribution is 2.41. The monoisotopic (exact) mass is 623 g/mol. The zero-order valence-electron chi connectivity index (χ0n) is 26.6. The predicted octanol–water partition coefficient (Wildman–Crippen LogP) is 12.0. The van der Waals surface area contributed by atoms with E-state index >= 15 is 0 Å². The number of aromatic nitrogens is 3. The van der Waals surface area contributed by atoms with Crippen molar-refractivity contribution < 1.29 is 0 Å². The van der Waals surface area contributed by atoms with E-state index in [1.807, 2.05) is 0 Å². The molecule has 0 N–H and O–H groups in total. The maximum absolute atomic E-state index is 5.39. The third-order valence-electron chi connectivity index (χ3n) is 9.77. The van der Waals surface area contributed by atoms with Gasteiger partial charge in [-0.25, -0.2) is 9.97 Å². The number of hydrogen-bond donors (Lipinski definition) is 0. The van der Waals surface area contributed by atoms with E-state index in [4.69, 9.17) is 9.97 Å². The summed E-state index contributed by atoms with van der Waals surface area (Å²) in [5.41, 5.74) is 9.81. The maximum atomic E-state index is 5.39. The Balaban J connectivity index is 1.25. The van der Waals surface area contributed by atoms with Crippen LogP contribution in [0.2, 0.25) is 0 Å². The van der Waals surface area contributed by atoms with Gasteiger partial charge >= 0.3 is 0 Å². The van der Waals surface area contributed by atoms with Crippen LogP contribution >= 0.6 is 0 Å². The van der Waals surface area contributed by atoms with Gasteiger partial charge in [0.05, 0.1) is 22.2 Å². The lowest BCUT2D eigenvalue weighted by atomic mass is 9.96. The summed E-state index contributed by atoms with van der Waals surface area (Å²) in [5, 5.41) is 8.27. The van der Waals surface area contributed by atoms with Crippen LogP contribution < -0.4 is 0 Å². The number of hydrogen-bond acceptors (Lipinski definition) is 2. The molecule has 10 aromatic rings. The molecule has 2 aromatic heterocycles. The van der Waals surface area contributed by atoms with Crippen molar-refractivity contribution in [1.29, 1.82) is 0 Å². The van der Waals surface area contributed by atoms with E-state index in [0.29, 0.717) is 5.95 Å². The third kappa shape index (κ3) is 4.51. The zero-order valence-corrected chi connectivity index (χ0v) is 26.6. The molecule has 0 aliphatic heterocycles. The molecule has 0 amide bonds. The molecule has 228 valence electrons. The Morgan fingerprint density at radius 1 is 0.367 bits per heavy atom. The van der Waals surface area contributed by atoms with Crippen LogP contribution in [-0.4, -0.2) is 14.5 Å². The molecule has 10 rings (SSSR count). The topological polar surface area (TPSA) is 30.7 Å². The fourth-order valence-electron chi connectivity index (χ4n) is 7.40. The first-order valence-corrected chi connectivity index (χ1v) is 16.7. The minimum Gasteiger partial charge on any atom is -0.278 e. The summed E-state index contributed by atoms with van der Waals surface area (Å²) in [6, 6.07) is 62.7. The second-order valence-corrected chi connectivity index (χ2v) is 12.6. The first-order chi connectivity index (χ1) is 24.3. The van der Waals surface area contributed by atoms with Crippen molar-refractivity contribution in [2.75, 3.05) is 0 Å². The molecule has 0 aliphatic rings. The highest BCUT2D eigenvalue weighted by Gasteiger charge is 2.20. The molecule has 0 bridgehead atoms. The van der Waals surface area contributed by atoms with Crippen LogP contribution in [0.3, 0.4) is 0 Å².